The van der Waals surface area contributed by atoms with Crippen LogP contribution in [-0.4, -0.2) is 22.6 Å². The summed E-state index contributed by atoms with van der Waals surface area (Å²) in [5.41, 5.74) is 2.41. The van der Waals surface area contributed by atoms with Crippen molar-refractivity contribution >= 4 is 17.5 Å². The Morgan fingerprint density at radius 2 is 1.76 bits per heavy atom. The van der Waals surface area contributed by atoms with Gasteiger partial charge < -0.3 is 9.84 Å². The van der Waals surface area contributed by atoms with Crippen LogP contribution in [-0.2, 0) is 11.2 Å². The highest BCUT2D eigenvalue weighted by molar-refractivity contribution is 6.14. The molecular formula is C20H18O5. The van der Waals surface area contributed by atoms with Crippen molar-refractivity contribution < 1.29 is 24.2 Å². The molecule has 5 heteroatoms. The third-order valence-electron chi connectivity index (χ3n) is 4.38. The van der Waals surface area contributed by atoms with E-state index in [4.69, 9.17) is 4.74 Å². The lowest BCUT2D eigenvalue weighted by atomic mass is 9.81. The molecule has 0 radical (unpaired) electrons. The number of benzene rings is 2. The number of esters is 1. The fourth-order valence-electron chi connectivity index (χ4n) is 3.07. The third kappa shape index (κ3) is 2.82. The minimum absolute atomic E-state index is 0.00194. The largest absolute Gasteiger partial charge is 0.504 e. The van der Waals surface area contributed by atoms with Gasteiger partial charge in [-0.2, -0.15) is 0 Å². The minimum atomic E-state index is -0.500. The van der Waals surface area contributed by atoms with E-state index in [2.05, 4.69) is 0 Å². The molecule has 5 nitrogen and oxygen atoms in total. The van der Waals surface area contributed by atoms with Crippen molar-refractivity contribution in [3.8, 4) is 11.5 Å². The van der Waals surface area contributed by atoms with Gasteiger partial charge in [-0.15, -0.1) is 0 Å². The molecule has 0 bridgehead atoms. The van der Waals surface area contributed by atoms with Crippen molar-refractivity contribution in [2.75, 3.05) is 0 Å². The third-order valence-corrected chi connectivity index (χ3v) is 4.38. The van der Waals surface area contributed by atoms with E-state index in [1.807, 2.05) is 0 Å². The number of hydrogen-bond acceptors (Lipinski definition) is 5. The Bertz CT molecular complexity index is 895. The summed E-state index contributed by atoms with van der Waals surface area (Å²) >= 11 is 0. The van der Waals surface area contributed by atoms with Gasteiger partial charge in [0.25, 0.3) is 0 Å². The van der Waals surface area contributed by atoms with Crippen molar-refractivity contribution in [2.24, 2.45) is 0 Å². The number of hydrogen-bond donors (Lipinski definition) is 1. The molecule has 1 N–H and O–H groups in total. The first-order chi connectivity index (χ1) is 12.0. The monoisotopic (exact) mass is 338 g/mol. The van der Waals surface area contributed by atoms with E-state index in [-0.39, 0.29) is 35.9 Å². The first kappa shape index (κ1) is 16.9. The highest BCUT2D eigenvalue weighted by atomic mass is 16.5. The van der Waals surface area contributed by atoms with Crippen LogP contribution in [0.3, 0.4) is 0 Å². The molecule has 2 aromatic rings. The van der Waals surface area contributed by atoms with Gasteiger partial charge in [-0.1, -0.05) is 32.0 Å². The van der Waals surface area contributed by atoms with Gasteiger partial charge in [0.15, 0.2) is 23.1 Å². The van der Waals surface area contributed by atoms with E-state index in [0.717, 1.165) is 0 Å². The van der Waals surface area contributed by atoms with Crippen LogP contribution in [0.5, 0.6) is 11.5 Å². The minimum Gasteiger partial charge on any atom is -0.504 e. The first-order valence-electron chi connectivity index (χ1n) is 8.23. The molecule has 0 spiro atoms. The van der Waals surface area contributed by atoms with Gasteiger partial charge in [-0.3, -0.25) is 14.4 Å². The summed E-state index contributed by atoms with van der Waals surface area (Å²) in [5, 5.41) is 10.1. The van der Waals surface area contributed by atoms with Gasteiger partial charge >= 0.3 is 5.97 Å². The fraction of sp³-hybridized carbons (Fsp3) is 0.250. The predicted molar refractivity (Wildman–Crippen MR) is 91.3 cm³/mol. The van der Waals surface area contributed by atoms with E-state index in [1.54, 1.807) is 32.0 Å². The number of rotatable bonds is 4. The van der Waals surface area contributed by atoms with Gasteiger partial charge in [-0.05, 0) is 17.7 Å². The van der Waals surface area contributed by atoms with Crippen molar-refractivity contribution in [1.29, 1.82) is 0 Å². The highest BCUT2D eigenvalue weighted by Gasteiger charge is 2.30. The molecule has 128 valence electrons. The summed E-state index contributed by atoms with van der Waals surface area (Å²) in [4.78, 5) is 36.8. The van der Waals surface area contributed by atoms with Crippen LogP contribution in [0.1, 0.15) is 64.1 Å². The second-order valence-electron chi connectivity index (χ2n) is 5.88. The molecule has 0 aliphatic heterocycles. The van der Waals surface area contributed by atoms with Gasteiger partial charge in [0.2, 0.25) is 0 Å². The molecule has 0 heterocycles. The summed E-state index contributed by atoms with van der Waals surface area (Å²) in [6.07, 6.45) is 0.724. The molecule has 0 amide bonds. The molecular weight excluding hydrogens is 320 g/mol. The average molecular weight is 338 g/mol. The van der Waals surface area contributed by atoms with Crippen LogP contribution in [0.4, 0.5) is 0 Å². The number of ether oxygens (including phenoxy) is 1. The maximum Gasteiger partial charge on any atom is 0.311 e. The Kier molecular flexibility index (Phi) is 4.40. The molecule has 0 fully saturated rings. The van der Waals surface area contributed by atoms with Crippen molar-refractivity contribution in [3.63, 3.8) is 0 Å². The predicted octanol–water partition coefficient (Wildman–Crippen LogP) is 3.44. The highest BCUT2D eigenvalue weighted by Crippen LogP contribution is 2.40. The molecule has 2 aromatic carbocycles. The lowest BCUT2D eigenvalue weighted by Crippen LogP contribution is -2.20. The Morgan fingerprint density at radius 3 is 2.44 bits per heavy atom. The summed E-state index contributed by atoms with van der Waals surface area (Å²) in [6.45, 7) is 3.41. The zero-order valence-electron chi connectivity index (χ0n) is 14.1. The molecule has 0 atom stereocenters. The first-order valence-corrected chi connectivity index (χ1v) is 8.23. The maximum absolute atomic E-state index is 12.9. The number of fused-ring (bicyclic) bond motifs is 2. The Hall–Kier alpha value is -2.95. The Balaban J connectivity index is 2.18. The standard InChI is InChI=1S/C20H18O5/c1-3-16(21)11-6-5-7-12-14(11)10-15-13(19(12)24)8-9-17(22)20(15)25-18(23)4-2/h5-9,22H,3-4,10H2,1-2H3. The molecule has 1 aliphatic carbocycles. The van der Waals surface area contributed by atoms with E-state index in [1.165, 1.54) is 12.1 Å². The number of carbonyl (C=O) groups is 3. The summed E-state index contributed by atoms with van der Waals surface area (Å²) in [5.74, 6) is -0.991. The van der Waals surface area contributed by atoms with Crippen LogP contribution >= 0.6 is 0 Å². The normalized spacial score (nSPS) is 12.3. The molecule has 0 saturated carbocycles. The van der Waals surface area contributed by atoms with E-state index >= 15 is 0 Å². The summed E-state index contributed by atoms with van der Waals surface area (Å²) in [6, 6.07) is 7.96. The Labute approximate surface area is 145 Å². The van der Waals surface area contributed by atoms with E-state index < -0.39 is 5.97 Å². The Morgan fingerprint density at radius 1 is 1.04 bits per heavy atom. The van der Waals surface area contributed by atoms with Gasteiger partial charge in [-0.25, -0.2) is 0 Å². The molecule has 0 aromatic heterocycles. The number of phenols is 1. The van der Waals surface area contributed by atoms with Crippen LogP contribution in [0.15, 0.2) is 30.3 Å². The molecule has 0 unspecified atom stereocenters. The molecule has 1 aliphatic rings. The van der Waals surface area contributed by atoms with Gasteiger partial charge in [0.05, 0.1) is 0 Å². The summed E-state index contributed by atoms with van der Waals surface area (Å²) in [7, 11) is 0. The number of carbonyl (C=O) groups excluding carboxylic acids is 3. The van der Waals surface area contributed by atoms with E-state index in [0.29, 0.717) is 34.2 Å². The lowest BCUT2D eigenvalue weighted by Gasteiger charge is -2.23. The number of ketones is 2. The van der Waals surface area contributed by atoms with Crippen molar-refractivity contribution in [1.82, 2.24) is 0 Å². The van der Waals surface area contributed by atoms with Gasteiger partial charge in [0, 0.05) is 41.5 Å². The lowest BCUT2D eigenvalue weighted by molar-refractivity contribution is -0.134. The quantitative estimate of drug-likeness (QED) is 0.448. The van der Waals surface area contributed by atoms with Crippen molar-refractivity contribution in [3.05, 3.63) is 58.1 Å². The van der Waals surface area contributed by atoms with Crippen LogP contribution in [0.25, 0.3) is 0 Å². The van der Waals surface area contributed by atoms with Crippen LogP contribution in [0.2, 0.25) is 0 Å². The number of phenolic OH excluding ortho intramolecular Hbond substituents is 1. The second kappa shape index (κ2) is 6.51. The summed E-state index contributed by atoms with van der Waals surface area (Å²) < 4.78 is 5.26. The molecule has 0 saturated heterocycles. The fourth-order valence-corrected chi connectivity index (χ4v) is 3.07. The van der Waals surface area contributed by atoms with Crippen LogP contribution < -0.4 is 4.74 Å². The topological polar surface area (TPSA) is 80.7 Å². The number of aromatic hydroxyl groups is 1. The van der Waals surface area contributed by atoms with Gasteiger partial charge in [0.1, 0.15) is 0 Å². The smallest absolute Gasteiger partial charge is 0.311 e. The van der Waals surface area contributed by atoms with Crippen molar-refractivity contribution in [2.45, 2.75) is 33.1 Å². The second-order valence-corrected chi connectivity index (χ2v) is 5.88. The number of Topliss-reactive ketones (excluding diaryl/α,β-unsaturated/α-hetero) is 1. The molecule has 25 heavy (non-hydrogen) atoms. The zero-order valence-corrected chi connectivity index (χ0v) is 14.1. The molecule has 3 rings (SSSR count). The maximum atomic E-state index is 12.9. The van der Waals surface area contributed by atoms with E-state index in [9.17, 15) is 19.5 Å². The SMILES string of the molecule is CCC(=O)Oc1c(O)ccc2c1Cc1c(C(=O)CC)cccc1C2=O. The average Bonchev–Trinajstić information content (AvgIpc) is 2.63. The zero-order chi connectivity index (χ0) is 18.1. The van der Waals surface area contributed by atoms with Crippen LogP contribution in [0, 0.1) is 0 Å².